The van der Waals surface area contributed by atoms with Gasteiger partial charge in [-0.3, -0.25) is 4.79 Å². The molecule has 1 N–H and O–H groups in total. The molecule has 178 valence electrons. The van der Waals surface area contributed by atoms with Crippen molar-refractivity contribution in [3.63, 3.8) is 0 Å². The number of hydrogen-bond donors (Lipinski definition) is 1. The van der Waals surface area contributed by atoms with Crippen LogP contribution in [-0.4, -0.2) is 37.1 Å². The summed E-state index contributed by atoms with van der Waals surface area (Å²) >= 11 is 0. The summed E-state index contributed by atoms with van der Waals surface area (Å²) in [6.45, 7) is 1.97. The molecule has 1 heterocycles. The Bertz CT molecular complexity index is 1320. The number of nitrogens with zero attached hydrogens (tertiary/aromatic N) is 2. The second kappa shape index (κ2) is 10.8. The number of methoxy groups -OCH3 is 1. The first-order chi connectivity index (χ1) is 17.0. The number of ether oxygens (including phenoxy) is 2. The van der Waals surface area contributed by atoms with Gasteiger partial charge in [0.15, 0.2) is 6.61 Å². The fraction of sp³-hybridized carbons (Fsp3) is 0.286. The minimum absolute atomic E-state index is 0.198. The van der Waals surface area contributed by atoms with Crippen LogP contribution < -0.4 is 10.1 Å². The second-order valence-electron chi connectivity index (χ2n) is 8.62. The van der Waals surface area contributed by atoms with Gasteiger partial charge < -0.3 is 14.8 Å². The number of esters is 1. The number of benzene rings is 2. The van der Waals surface area contributed by atoms with E-state index in [0.29, 0.717) is 28.8 Å². The smallest absolute Gasteiger partial charge is 0.339 e. The maximum Gasteiger partial charge on any atom is 0.339 e. The molecule has 2 aromatic carbocycles. The van der Waals surface area contributed by atoms with Crippen LogP contribution in [0.2, 0.25) is 0 Å². The van der Waals surface area contributed by atoms with E-state index in [1.54, 1.807) is 7.11 Å². The molecule has 0 bridgehead atoms. The predicted molar refractivity (Wildman–Crippen MR) is 134 cm³/mol. The molecule has 1 atom stereocenters. The average Bonchev–Trinajstić information content (AvgIpc) is 2.86. The van der Waals surface area contributed by atoms with Gasteiger partial charge in [0, 0.05) is 11.9 Å². The number of nitrogens with one attached hydrogen (secondary N) is 1. The summed E-state index contributed by atoms with van der Waals surface area (Å²) in [5.41, 5.74) is 4.88. The number of nitriles is 1. The molecule has 1 aliphatic rings. The Morgan fingerprint density at radius 1 is 1.17 bits per heavy atom. The molecule has 7 nitrogen and oxygen atoms in total. The summed E-state index contributed by atoms with van der Waals surface area (Å²) in [4.78, 5) is 30.3. The summed E-state index contributed by atoms with van der Waals surface area (Å²) in [5.74, 6) is 0.105. The van der Waals surface area contributed by atoms with E-state index in [1.165, 1.54) is 0 Å². The lowest BCUT2D eigenvalue weighted by molar-refractivity contribution is -0.124. The Kier molecular flexibility index (Phi) is 7.41. The van der Waals surface area contributed by atoms with E-state index in [9.17, 15) is 9.59 Å². The molecule has 3 aromatic rings. The third kappa shape index (κ3) is 5.49. The lowest BCUT2D eigenvalue weighted by Gasteiger charge is -2.26. The van der Waals surface area contributed by atoms with Crippen LogP contribution in [0.5, 0.6) is 5.75 Å². The van der Waals surface area contributed by atoms with Gasteiger partial charge in [-0.15, -0.1) is 0 Å². The van der Waals surface area contributed by atoms with E-state index in [1.807, 2.05) is 54.6 Å². The second-order valence-corrected chi connectivity index (χ2v) is 8.62. The van der Waals surface area contributed by atoms with Gasteiger partial charge in [-0.2, -0.15) is 5.26 Å². The van der Waals surface area contributed by atoms with Gasteiger partial charge >= 0.3 is 5.97 Å². The quantitative estimate of drug-likeness (QED) is 0.402. The summed E-state index contributed by atoms with van der Waals surface area (Å²) in [5, 5.41) is 11.9. The number of allylic oxidation sites excluding steroid dienone is 1. The molecular weight excluding hydrogens is 442 g/mol. The van der Waals surface area contributed by atoms with Gasteiger partial charge in [-0.25, -0.2) is 9.78 Å². The largest absolute Gasteiger partial charge is 0.497 e. The summed E-state index contributed by atoms with van der Waals surface area (Å²) in [6, 6.07) is 17.3. The Morgan fingerprint density at radius 3 is 2.69 bits per heavy atom. The first kappa shape index (κ1) is 24.0. The normalized spacial score (nSPS) is 15.8. The number of rotatable bonds is 7. The number of carbonyl (C=O) groups excluding carboxylic acids is 2. The molecule has 1 aliphatic carbocycles. The zero-order valence-electron chi connectivity index (χ0n) is 19.8. The van der Waals surface area contributed by atoms with Crippen molar-refractivity contribution in [2.75, 3.05) is 20.3 Å². The van der Waals surface area contributed by atoms with Crippen molar-refractivity contribution in [3.05, 3.63) is 70.9 Å². The van der Waals surface area contributed by atoms with Crippen molar-refractivity contribution in [1.82, 2.24) is 10.3 Å². The van der Waals surface area contributed by atoms with E-state index < -0.39 is 18.5 Å². The summed E-state index contributed by atoms with van der Waals surface area (Å²) in [6.07, 6.45) is 3.82. The maximum absolute atomic E-state index is 13.3. The highest BCUT2D eigenvalue weighted by molar-refractivity contribution is 6.07. The number of hydrogen-bond acceptors (Lipinski definition) is 6. The molecule has 1 aromatic heterocycles. The van der Waals surface area contributed by atoms with Crippen LogP contribution in [-0.2, 0) is 16.0 Å². The highest BCUT2D eigenvalue weighted by Gasteiger charge is 2.29. The molecular formula is C28H27N3O4. The molecule has 0 saturated carbocycles. The number of para-hydroxylation sites is 1. The van der Waals surface area contributed by atoms with Crippen LogP contribution in [0.25, 0.3) is 22.6 Å². The summed E-state index contributed by atoms with van der Waals surface area (Å²) in [7, 11) is 1.64. The molecule has 0 aliphatic heterocycles. The standard InChI is InChI=1S/C28H27N3O4/c1-18-14-20(16-19-8-10-21(34-2)11-9-19)27-23(15-18)26(22-6-3-4-7-24(22)31-27)28(33)35-17-25(32)30-13-5-12-29/h3-4,6-11,16,18H,5,13-15,17H2,1-2H3,(H,30,32)/b20-16+. The Morgan fingerprint density at radius 2 is 1.94 bits per heavy atom. The molecule has 35 heavy (non-hydrogen) atoms. The fourth-order valence-electron chi connectivity index (χ4n) is 4.38. The molecule has 0 radical (unpaired) electrons. The third-order valence-electron chi connectivity index (χ3n) is 5.97. The van der Waals surface area contributed by atoms with Crippen molar-refractivity contribution in [3.8, 4) is 11.8 Å². The summed E-state index contributed by atoms with van der Waals surface area (Å²) < 4.78 is 10.7. The lowest BCUT2D eigenvalue weighted by atomic mass is 9.80. The predicted octanol–water partition coefficient (Wildman–Crippen LogP) is 4.55. The highest BCUT2D eigenvalue weighted by atomic mass is 16.5. The number of pyridine rings is 1. The monoisotopic (exact) mass is 469 g/mol. The van der Waals surface area contributed by atoms with Crippen molar-refractivity contribution in [1.29, 1.82) is 5.26 Å². The Balaban J connectivity index is 1.72. The SMILES string of the molecule is COc1ccc(/C=C2\CC(C)Cc3c2nc2ccccc2c3C(=O)OCC(=O)NCCC#N)cc1. The lowest BCUT2D eigenvalue weighted by Crippen LogP contribution is -2.30. The van der Waals surface area contributed by atoms with Crippen LogP contribution >= 0.6 is 0 Å². The number of amides is 1. The van der Waals surface area contributed by atoms with Crippen LogP contribution in [0.3, 0.4) is 0 Å². The minimum atomic E-state index is -0.548. The van der Waals surface area contributed by atoms with Crippen molar-refractivity contribution < 1.29 is 19.1 Å². The van der Waals surface area contributed by atoms with Gasteiger partial charge in [-0.05, 0) is 59.7 Å². The molecule has 1 unspecified atom stereocenters. The van der Waals surface area contributed by atoms with Crippen molar-refractivity contribution in [2.45, 2.75) is 26.2 Å². The first-order valence-electron chi connectivity index (χ1n) is 11.6. The molecule has 0 spiro atoms. The van der Waals surface area contributed by atoms with Gasteiger partial charge in [0.1, 0.15) is 5.75 Å². The minimum Gasteiger partial charge on any atom is -0.497 e. The number of aromatic nitrogens is 1. The van der Waals surface area contributed by atoms with Crippen LogP contribution in [0.1, 0.15) is 46.9 Å². The average molecular weight is 470 g/mol. The highest BCUT2D eigenvalue weighted by Crippen LogP contribution is 2.38. The first-order valence-corrected chi connectivity index (χ1v) is 11.6. The van der Waals surface area contributed by atoms with E-state index in [4.69, 9.17) is 19.7 Å². The van der Waals surface area contributed by atoms with Crippen LogP contribution in [0, 0.1) is 17.2 Å². The molecule has 0 fully saturated rings. The van der Waals surface area contributed by atoms with E-state index in [0.717, 1.165) is 34.6 Å². The van der Waals surface area contributed by atoms with Gasteiger partial charge in [0.2, 0.25) is 0 Å². The van der Waals surface area contributed by atoms with Crippen LogP contribution in [0.4, 0.5) is 0 Å². The molecule has 4 rings (SSSR count). The van der Waals surface area contributed by atoms with Crippen molar-refractivity contribution in [2.24, 2.45) is 5.92 Å². The molecule has 0 saturated heterocycles. The van der Waals surface area contributed by atoms with Crippen LogP contribution in [0.15, 0.2) is 48.5 Å². The number of carbonyl (C=O) groups is 2. The van der Waals surface area contributed by atoms with Gasteiger partial charge in [-0.1, -0.05) is 37.3 Å². The Hall–Kier alpha value is -4.18. The third-order valence-corrected chi connectivity index (χ3v) is 5.97. The Labute approximate surface area is 204 Å². The topological polar surface area (TPSA) is 101 Å². The van der Waals surface area contributed by atoms with Crippen molar-refractivity contribution >= 4 is 34.4 Å². The van der Waals surface area contributed by atoms with E-state index >= 15 is 0 Å². The molecule has 1 amide bonds. The van der Waals surface area contributed by atoms with Gasteiger partial charge in [0.05, 0.1) is 36.4 Å². The fourth-order valence-corrected chi connectivity index (χ4v) is 4.38. The maximum atomic E-state index is 13.3. The van der Waals surface area contributed by atoms with E-state index in [2.05, 4.69) is 18.3 Å². The van der Waals surface area contributed by atoms with Gasteiger partial charge in [0.25, 0.3) is 5.91 Å². The zero-order chi connectivity index (χ0) is 24.8. The zero-order valence-corrected chi connectivity index (χ0v) is 19.8. The number of fused-ring (bicyclic) bond motifs is 2. The molecule has 7 heteroatoms. The van der Waals surface area contributed by atoms with E-state index in [-0.39, 0.29) is 13.0 Å².